The van der Waals surface area contributed by atoms with Crippen LogP contribution in [0.15, 0.2) is 12.7 Å². The molecule has 0 heterocycles. The summed E-state index contributed by atoms with van der Waals surface area (Å²) in [5, 5.41) is 11.3. The SMILES string of the molecule is C=CCCCNC(C)C(=O)O. The predicted molar refractivity (Wildman–Crippen MR) is 44.5 cm³/mol. The Balaban J connectivity index is 3.24. The highest BCUT2D eigenvalue weighted by molar-refractivity contribution is 5.72. The molecule has 11 heavy (non-hydrogen) atoms. The lowest BCUT2D eigenvalue weighted by Crippen LogP contribution is -2.34. The molecule has 0 aromatic carbocycles. The van der Waals surface area contributed by atoms with E-state index < -0.39 is 12.0 Å². The molecule has 0 aliphatic rings. The van der Waals surface area contributed by atoms with Crippen molar-refractivity contribution >= 4 is 5.97 Å². The van der Waals surface area contributed by atoms with Crippen molar-refractivity contribution < 1.29 is 9.90 Å². The molecular weight excluding hydrogens is 142 g/mol. The van der Waals surface area contributed by atoms with Gasteiger partial charge in [-0.05, 0) is 26.3 Å². The minimum absolute atomic E-state index is 0.445. The van der Waals surface area contributed by atoms with Gasteiger partial charge in [0, 0.05) is 0 Å². The second-order valence-corrected chi connectivity index (χ2v) is 2.44. The molecule has 0 saturated carbocycles. The smallest absolute Gasteiger partial charge is 0.320 e. The summed E-state index contributed by atoms with van der Waals surface area (Å²) in [4.78, 5) is 10.3. The lowest BCUT2D eigenvalue weighted by atomic mass is 10.3. The number of carboxylic acid groups (broad SMARTS) is 1. The Morgan fingerprint density at radius 3 is 2.91 bits per heavy atom. The molecule has 64 valence electrons. The fourth-order valence-electron chi connectivity index (χ4n) is 0.652. The van der Waals surface area contributed by atoms with Crippen LogP contribution in [0.3, 0.4) is 0 Å². The third-order valence-corrected chi connectivity index (χ3v) is 1.41. The standard InChI is InChI=1S/C8H15NO2/c1-3-4-5-6-9-7(2)8(10)11/h3,7,9H,1,4-6H2,2H3,(H,10,11). The lowest BCUT2D eigenvalue weighted by Gasteiger charge is -2.06. The van der Waals surface area contributed by atoms with Crippen LogP contribution in [0.4, 0.5) is 0 Å². The molecule has 0 bridgehead atoms. The molecule has 1 unspecified atom stereocenters. The maximum atomic E-state index is 10.3. The first-order valence-corrected chi connectivity index (χ1v) is 3.75. The largest absolute Gasteiger partial charge is 0.480 e. The molecular formula is C8H15NO2. The summed E-state index contributed by atoms with van der Waals surface area (Å²) >= 11 is 0. The Labute approximate surface area is 67.1 Å². The molecule has 0 aromatic rings. The number of nitrogens with one attached hydrogen (secondary N) is 1. The van der Waals surface area contributed by atoms with E-state index in [4.69, 9.17) is 5.11 Å². The number of hydrogen-bond donors (Lipinski definition) is 2. The molecule has 0 aliphatic heterocycles. The molecule has 0 saturated heterocycles. The molecule has 0 radical (unpaired) electrons. The first-order chi connectivity index (χ1) is 5.18. The van der Waals surface area contributed by atoms with Gasteiger partial charge in [-0.15, -0.1) is 6.58 Å². The van der Waals surface area contributed by atoms with Crippen molar-refractivity contribution in [2.45, 2.75) is 25.8 Å². The van der Waals surface area contributed by atoms with Gasteiger partial charge in [-0.25, -0.2) is 0 Å². The minimum Gasteiger partial charge on any atom is -0.480 e. The van der Waals surface area contributed by atoms with Gasteiger partial charge in [0.05, 0.1) is 0 Å². The van der Waals surface area contributed by atoms with Crippen molar-refractivity contribution in [2.75, 3.05) is 6.54 Å². The Morgan fingerprint density at radius 2 is 2.45 bits per heavy atom. The van der Waals surface area contributed by atoms with Crippen molar-refractivity contribution in [3.05, 3.63) is 12.7 Å². The summed E-state index contributed by atoms with van der Waals surface area (Å²) in [7, 11) is 0. The fourth-order valence-corrected chi connectivity index (χ4v) is 0.652. The van der Waals surface area contributed by atoms with Crippen LogP contribution in [0.25, 0.3) is 0 Å². The second kappa shape index (κ2) is 5.92. The lowest BCUT2D eigenvalue weighted by molar-refractivity contribution is -0.138. The molecule has 0 aromatic heterocycles. The summed E-state index contributed by atoms with van der Waals surface area (Å²) in [5.41, 5.74) is 0. The van der Waals surface area contributed by atoms with Crippen LogP contribution in [-0.4, -0.2) is 23.7 Å². The quantitative estimate of drug-likeness (QED) is 0.447. The molecule has 0 aliphatic carbocycles. The second-order valence-electron chi connectivity index (χ2n) is 2.44. The van der Waals surface area contributed by atoms with E-state index in [1.807, 2.05) is 6.08 Å². The van der Waals surface area contributed by atoms with Gasteiger partial charge in [0.25, 0.3) is 0 Å². The van der Waals surface area contributed by atoms with Gasteiger partial charge in [0.2, 0.25) is 0 Å². The highest BCUT2D eigenvalue weighted by Crippen LogP contribution is 1.88. The van der Waals surface area contributed by atoms with E-state index >= 15 is 0 Å². The average molecular weight is 157 g/mol. The van der Waals surface area contributed by atoms with E-state index in [9.17, 15) is 4.79 Å². The van der Waals surface area contributed by atoms with Gasteiger partial charge in [-0.2, -0.15) is 0 Å². The topological polar surface area (TPSA) is 49.3 Å². The van der Waals surface area contributed by atoms with Crippen LogP contribution >= 0.6 is 0 Å². The first kappa shape index (κ1) is 10.2. The molecule has 0 spiro atoms. The first-order valence-electron chi connectivity index (χ1n) is 3.75. The number of unbranched alkanes of at least 4 members (excludes halogenated alkanes) is 1. The van der Waals surface area contributed by atoms with Crippen molar-refractivity contribution in [1.29, 1.82) is 0 Å². The maximum Gasteiger partial charge on any atom is 0.320 e. The summed E-state index contributed by atoms with van der Waals surface area (Å²) in [6.07, 6.45) is 3.70. The summed E-state index contributed by atoms with van der Waals surface area (Å²) < 4.78 is 0. The molecule has 0 amide bonds. The van der Waals surface area contributed by atoms with E-state index in [0.717, 1.165) is 19.4 Å². The zero-order valence-corrected chi connectivity index (χ0v) is 6.84. The van der Waals surface area contributed by atoms with Gasteiger partial charge >= 0.3 is 5.97 Å². The Bertz CT molecular complexity index is 134. The van der Waals surface area contributed by atoms with Crippen LogP contribution in [0.5, 0.6) is 0 Å². The number of rotatable bonds is 6. The highest BCUT2D eigenvalue weighted by atomic mass is 16.4. The van der Waals surface area contributed by atoms with Crippen LogP contribution in [0, 0.1) is 0 Å². The van der Waals surface area contributed by atoms with Crippen LogP contribution in [0.1, 0.15) is 19.8 Å². The van der Waals surface area contributed by atoms with Gasteiger partial charge in [-0.3, -0.25) is 4.79 Å². The molecule has 1 atom stereocenters. The van der Waals surface area contributed by atoms with Gasteiger partial charge in [0.15, 0.2) is 0 Å². The predicted octanol–water partition coefficient (Wildman–Crippen LogP) is 1.02. The number of carbonyl (C=O) groups is 1. The summed E-state index contributed by atoms with van der Waals surface area (Å²) in [5.74, 6) is -0.802. The Hall–Kier alpha value is -0.830. The number of carboxylic acids is 1. The van der Waals surface area contributed by atoms with Gasteiger partial charge in [-0.1, -0.05) is 6.08 Å². The highest BCUT2D eigenvalue weighted by Gasteiger charge is 2.07. The van der Waals surface area contributed by atoms with E-state index in [1.54, 1.807) is 6.92 Å². The van der Waals surface area contributed by atoms with Crippen molar-refractivity contribution in [2.24, 2.45) is 0 Å². The number of hydrogen-bond acceptors (Lipinski definition) is 2. The summed E-state index contributed by atoms with van der Waals surface area (Å²) in [6, 6.07) is -0.445. The van der Waals surface area contributed by atoms with Crippen molar-refractivity contribution in [3.63, 3.8) is 0 Å². The molecule has 0 fully saturated rings. The number of allylic oxidation sites excluding steroid dienone is 1. The van der Waals surface area contributed by atoms with E-state index in [2.05, 4.69) is 11.9 Å². The Morgan fingerprint density at radius 1 is 1.82 bits per heavy atom. The van der Waals surface area contributed by atoms with Gasteiger partial charge < -0.3 is 10.4 Å². The monoisotopic (exact) mass is 157 g/mol. The summed E-state index contributed by atoms with van der Waals surface area (Å²) in [6.45, 7) is 5.94. The molecule has 3 heteroatoms. The Kier molecular flexibility index (Phi) is 5.47. The average Bonchev–Trinajstić information content (AvgIpc) is 1.97. The number of aliphatic carboxylic acids is 1. The molecule has 2 N–H and O–H groups in total. The minimum atomic E-state index is -0.802. The zero-order chi connectivity index (χ0) is 8.69. The molecule has 0 rings (SSSR count). The van der Waals surface area contributed by atoms with Crippen LogP contribution in [0.2, 0.25) is 0 Å². The third-order valence-electron chi connectivity index (χ3n) is 1.41. The van der Waals surface area contributed by atoms with E-state index in [-0.39, 0.29) is 0 Å². The maximum absolute atomic E-state index is 10.3. The van der Waals surface area contributed by atoms with Crippen LogP contribution < -0.4 is 5.32 Å². The van der Waals surface area contributed by atoms with Crippen molar-refractivity contribution in [3.8, 4) is 0 Å². The van der Waals surface area contributed by atoms with E-state index in [1.165, 1.54) is 0 Å². The third kappa shape index (κ3) is 5.61. The zero-order valence-electron chi connectivity index (χ0n) is 6.84. The van der Waals surface area contributed by atoms with Crippen molar-refractivity contribution in [1.82, 2.24) is 5.32 Å². The van der Waals surface area contributed by atoms with E-state index in [0.29, 0.717) is 0 Å². The normalized spacial score (nSPS) is 12.5. The van der Waals surface area contributed by atoms with Crippen LogP contribution in [-0.2, 0) is 4.79 Å². The fraction of sp³-hybridized carbons (Fsp3) is 0.625. The van der Waals surface area contributed by atoms with Gasteiger partial charge in [0.1, 0.15) is 6.04 Å². The molecule has 3 nitrogen and oxygen atoms in total.